The van der Waals surface area contributed by atoms with E-state index >= 15 is 0 Å². The number of carbonyl (C=O) groups is 1. The molecule has 4 nitrogen and oxygen atoms in total. The molecule has 1 aliphatic rings. The zero-order valence-corrected chi connectivity index (χ0v) is 10.0. The molecule has 0 aromatic heterocycles. The maximum atomic E-state index is 11.1. The van der Waals surface area contributed by atoms with Gasteiger partial charge in [0.05, 0.1) is 13.2 Å². The molecule has 1 amide bonds. The van der Waals surface area contributed by atoms with E-state index in [4.69, 9.17) is 4.74 Å². The van der Waals surface area contributed by atoms with Gasteiger partial charge in [0.15, 0.2) is 0 Å². The van der Waals surface area contributed by atoms with Gasteiger partial charge in [-0.15, -0.1) is 0 Å². The summed E-state index contributed by atoms with van der Waals surface area (Å²) in [6.45, 7) is 4.26. The number of hydrogen-bond donors (Lipinski definition) is 2. The van der Waals surface area contributed by atoms with Crippen molar-refractivity contribution in [2.24, 2.45) is 0 Å². The summed E-state index contributed by atoms with van der Waals surface area (Å²) in [5.41, 5.74) is 0.659. The Labute approximate surface area is 101 Å². The number of rotatable bonds is 3. The molecule has 0 saturated carbocycles. The van der Waals surface area contributed by atoms with Gasteiger partial charge in [-0.25, -0.2) is 0 Å². The normalized spacial score (nSPS) is 24.3. The monoisotopic (exact) mass is 234 g/mol. The lowest BCUT2D eigenvalue weighted by molar-refractivity contribution is -0.122. The second-order valence-electron chi connectivity index (χ2n) is 4.30. The first-order valence-electron chi connectivity index (χ1n) is 5.88. The van der Waals surface area contributed by atoms with Crippen LogP contribution in [-0.4, -0.2) is 32.1 Å². The molecule has 0 aliphatic carbocycles. The minimum absolute atomic E-state index is 0.0329. The summed E-state index contributed by atoms with van der Waals surface area (Å²) in [5, 5.41) is 6.17. The summed E-state index contributed by atoms with van der Waals surface area (Å²) < 4.78 is 5.92. The quantitative estimate of drug-likeness (QED) is 0.807. The molecule has 1 heterocycles. The maximum absolute atomic E-state index is 11.1. The van der Waals surface area contributed by atoms with Gasteiger partial charge in [0.1, 0.15) is 5.60 Å². The number of carbonyl (C=O) groups excluding carboxylic acids is 1. The molecule has 1 saturated heterocycles. The fraction of sp³-hybridized carbons (Fsp3) is 0.462. The molecule has 4 heteroatoms. The van der Waals surface area contributed by atoms with Crippen LogP contribution in [0, 0.1) is 0 Å². The van der Waals surface area contributed by atoms with E-state index in [1.807, 2.05) is 30.3 Å². The van der Waals surface area contributed by atoms with Crippen molar-refractivity contribution >= 4 is 5.91 Å². The van der Waals surface area contributed by atoms with Gasteiger partial charge in [0.25, 0.3) is 0 Å². The molecule has 1 aromatic rings. The van der Waals surface area contributed by atoms with E-state index in [0.717, 1.165) is 18.7 Å². The lowest BCUT2D eigenvalue weighted by Crippen LogP contribution is -2.53. The van der Waals surface area contributed by atoms with E-state index < -0.39 is 5.60 Å². The van der Waals surface area contributed by atoms with Crippen LogP contribution < -0.4 is 10.6 Å². The Hall–Kier alpha value is -1.39. The van der Waals surface area contributed by atoms with Gasteiger partial charge in [-0.1, -0.05) is 30.3 Å². The molecule has 17 heavy (non-hydrogen) atoms. The van der Waals surface area contributed by atoms with Crippen LogP contribution in [0.2, 0.25) is 0 Å². The van der Waals surface area contributed by atoms with Crippen LogP contribution in [-0.2, 0) is 15.1 Å². The van der Waals surface area contributed by atoms with Crippen molar-refractivity contribution in [2.45, 2.75) is 12.5 Å². The van der Waals surface area contributed by atoms with E-state index in [-0.39, 0.29) is 5.91 Å². The first-order valence-corrected chi connectivity index (χ1v) is 5.88. The van der Waals surface area contributed by atoms with Crippen molar-refractivity contribution in [3.05, 3.63) is 35.9 Å². The summed E-state index contributed by atoms with van der Waals surface area (Å²) in [7, 11) is 0. The van der Waals surface area contributed by atoms with Gasteiger partial charge >= 0.3 is 0 Å². The second-order valence-corrected chi connectivity index (χ2v) is 4.30. The third-order valence-corrected chi connectivity index (χ3v) is 2.99. The van der Waals surface area contributed by atoms with Crippen molar-refractivity contribution in [2.75, 3.05) is 26.2 Å². The van der Waals surface area contributed by atoms with Crippen LogP contribution >= 0.6 is 0 Å². The highest BCUT2D eigenvalue weighted by molar-refractivity contribution is 5.72. The average Bonchev–Trinajstić information content (AvgIpc) is 2.39. The van der Waals surface area contributed by atoms with E-state index in [0.29, 0.717) is 13.2 Å². The topological polar surface area (TPSA) is 50.4 Å². The zero-order chi connectivity index (χ0) is 12.1. The second kappa shape index (κ2) is 5.29. The summed E-state index contributed by atoms with van der Waals surface area (Å²) in [6, 6.07) is 10.0. The highest BCUT2D eigenvalue weighted by Crippen LogP contribution is 2.26. The fourth-order valence-electron chi connectivity index (χ4n) is 2.07. The molecular weight excluding hydrogens is 216 g/mol. The van der Waals surface area contributed by atoms with Crippen LogP contribution in [0.25, 0.3) is 0 Å². The summed E-state index contributed by atoms with van der Waals surface area (Å²) >= 11 is 0. The minimum atomic E-state index is -0.439. The predicted molar refractivity (Wildman–Crippen MR) is 65.6 cm³/mol. The van der Waals surface area contributed by atoms with Gasteiger partial charge in [-0.3, -0.25) is 4.79 Å². The largest absolute Gasteiger partial charge is 0.366 e. The first kappa shape index (κ1) is 12.1. The Bertz CT molecular complexity index is 372. The fourth-order valence-corrected chi connectivity index (χ4v) is 2.07. The molecule has 1 unspecified atom stereocenters. The van der Waals surface area contributed by atoms with E-state index in [9.17, 15) is 4.79 Å². The SMILES string of the molecule is CC(=O)NCC1(c2ccccc2)CNCCO1. The van der Waals surface area contributed by atoms with Gasteiger partial charge in [-0.2, -0.15) is 0 Å². The number of ether oxygens (including phenoxy) is 1. The van der Waals surface area contributed by atoms with Crippen molar-refractivity contribution in [3.8, 4) is 0 Å². The standard InChI is InChI=1S/C13H18N2O2/c1-11(16)15-10-13(9-14-7-8-17-13)12-5-3-2-4-6-12/h2-6,14H,7-10H2,1H3,(H,15,16). The number of amides is 1. The molecular formula is C13H18N2O2. The molecule has 1 fully saturated rings. The zero-order valence-electron chi connectivity index (χ0n) is 10.0. The molecule has 0 spiro atoms. The van der Waals surface area contributed by atoms with E-state index in [1.54, 1.807) is 0 Å². The van der Waals surface area contributed by atoms with Gasteiger partial charge in [0, 0.05) is 20.0 Å². The van der Waals surface area contributed by atoms with Gasteiger partial charge in [0.2, 0.25) is 5.91 Å². The van der Waals surface area contributed by atoms with Crippen LogP contribution in [0.3, 0.4) is 0 Å². The summed E-state index contributed by atoms with van der Waals surface area (Å²) in [5.74, 6) is -0.0329. The first-order chi connectivity index (χ1) is 8.23. The molecule has 0 bridgehead atoms. The van der Waals surface area contributed by atoms with Crippen molar-refractivity contribution < 1.29 is 9.53 Å². The highest BCUT2D eigenvalue weighted by Gasteiger charge is 2.35. The van der Waals surface area contributed by atoms with Crippen LogP contribution in [0.1, 0.15) is 12.5 Å². The number of morpholine rings is 1. The van der Waals surface area contributed by atoms with Crippen molar-refractivity contribution in [1.29, 1.82) is 0 Å². The van der Waals surface area contributed by atoms with Crippen LogP contribution in [0.4, 0.5) is 0 Å². The number of benzene rings is 1. The molecule has 1 aliphatic heterocycles. The molecule has 2 rings (SSSR count). The number of hydrogen-bond acceptors (Lipinski definition) is 3. The Morgan fingerprint density at radius 2 is 2.24 bits per heavy atom. The Kier molecular flexibility index (Phi) is 3.76. The highest BCUT2D eigenvalue weighted by atomic mass is 16.5. The Morgan fingerprint density at radius 3 is 2.82 bits per heavy atom. The van der Waals surface area contributed by atoms with Crippen molar-refractivity contribution in [1.82, 2.24) is 10.6 Å². The summed E-state index contributed by atoms with van der Waals surface area (Å²) in [4.78, 5) is 11.1. The van der Waals surface area contributed by atoms with E-state index in [1.165, 1.54) is 6.92 Å². The van der Waals surface area contributed by atoms with Gasteiger partial charge < -0.3 is 15.4 Å². The smallest absolute Gasteiger partial charge is 0.216 e. The van der Waals surface area contributed by atoms with E-state index in [2.05, 4.69) is 10.6 Å². The third-order valence-electron chi connectivity index (χ3n) is 2.99. The maximum Gasteiger partial charge on any atom is 0.216 e. The Balaban J connectivity index is 2.20. The molecule has 2 N–H and O–H groups in total. The van der Waals surface area contributed by atoms with Crippen LogP contribution in [0.15, 0.2) is 30.3 Å². The Morgan fingerprint density at radius 1 is 1.47 bits per heavy atom. The lowest BCUT2D eigenvalue weighted by Gasteiger charge is -2.38. The molecule has 0 radical (unpaired) electrons. The van der Waals surface area contributed by atoms with Crippen LogP contribution in [0.5, 0.6) is 0 Å². The predicted octanol–water partition coefficient (Wildman–Crippen LogP) is 0.638. The third kappa shape index (κ3) is 2.84. The molecule has 1 aromatic carbocycles. The molecule has 92 valence electrons. The average molecular weight is 234 g/mol. The number of nitrogens with one attached hydrogen (secondary N) is 2. The molecule has 1 atom stereocenters. The van der Waals surface area contributed by atoms with Gasteiger partial charge in [-0.05, 0) is 5.56 Å². The van der Waals surface area contributed by atoms with Crippen molar-refractivity contribution in [3.63, 3.8) is 0 Å². The minimum Gasteiger partial charge on any atom is -0.366 e. The lowest BCUT2D eigenvalue weighted by atomic mass is 9.92. The summed E-state index contributed by atoms with van der Waals surface area (Å²) in [6.07, 6.45) is 0.